The molecule has 2 nitrogen and oxygen atoms in total. The van der Waals surface area contributed by atoms with Crippen LogP contribution in [-0.2, 0) is 0 Å². The SMILES string of the molecule is CC1CC1CNC1CCN(c2ccccc2)CC1. The second-order valence-corrected chi connectivity index (χ2v) is 5.98. The van der Waals surface area contributed by atoms with Crippen LogP contribution in [0.4, 0.5) is 5.69 Å². The molecule has 18 heavy (non-hydrogen) atoms. The topological polar surface area (TPSA) is 15.3 Å². The summed E-state index contributed by atoms with van der Waals surface area (Å²) < 4.78 is 0. The van der Waals surface area contributed by atoms with E-state index in [2.05, 4.69) is 47.5 Å². The van der Waals surface area contributed by atoms with E-state index in [1.54, 1.807) is 0 Å². The van der Waals surface area contributed by atoms with Crippen LogP contribution in [0.15, 0.2) is 30.3 Å². The Labute approximate surface area is 110 Å². The third-order valence-corrected chi connectivity index (χ3v) is 4.56. The Morgan fingerprint density at radius 2 is 1.83 bits per heavy atom. The van der Waals surface area contributed by atoms with Gasteiger partial charge in [0.1, 0.15) is 0 Å². The minimum Gasteiger partial charge on any atom is -0.371 e. The highest BCUT2D eigenvalue weighted by atomic mass is 15.1. The summed E-state index contributed by atoms with van der Waals surface area (Å²) in [6, 6.07) is 11.5. The number of hydrogen-bond donors (Lipinski definition) is 1. The van der Waals surface area contributed by atoms with Gasteiger partial charge in [-0.1, -0.05) is 25.1 Å². The molecule has 1 saturated carbocycles. The summed E-state index contributed by atoms with van der Waals surface area (Å²) in [5, 5.41) is 3.76. The molecule has 1 aromatic rings. The van der Waals surface area contributed by atoms with Crippen LogP contribution in [0.25, 0.3) is 0 Å². The molecule has 2 heteroatoms. The van der Waals surface area contributed by atoms with Crippen LogP contribution in [0, 0.1) is 11.8 Å². The van der Waals surface area contributed by atoms with E-state index in [1.165, 1.54) is 44.6 Å². The molecule has 1 aliphatic carbocycles. The van der Waals surface area contributed by atoms with Crippen molar-refractivity contribution in [2.75, 3.05) is 24.5 Å². The fourth-order valence-electron chi connectivity index (χ4n) is 2.98. The predicted octanol–water partition coefficient (Wildman–Crippen LogP) is 2.90. The van der Waals surface area contributed by atoms with Gasteiger partial charge < -0.3 is 10.2 Å². The van der Waals surface area contributed by atoms with Gasteiger partial charge in [0, 0.05) is 24.8 Å². The Hall–Kier alpha value is -1.02. The van der Waals surface area contributed by atoms with Crippen molar-refractivity contribution in [2.24, 2.45) is 11.8 Å². The molecule has 1 saturated heterocycles. The molecule has 1 aliphatic heterocycles. The van der Waals surface area contributed by atoms with Gasteiger partial charge in [-0.05, 0) is 49.8 Å². The van der Waals surface area contributed by atoms with Crippen LogP contribution >= 0.6 is 0 Å². The molecule has 2 unspecified atom stereocenters. The first-order valence-corrected chi connectivity index (χ1v) is 7.36. The molecule has 2 atom stereocenters. The fraction of sp³-hybridized carbons (Fsp3) is 0.625. The van der Waals surface area contributed by atoms with E-state index in [1.807, 2.05) is 0 Å². The molecular weight excluding hydrogens is 220 g/mol. The largest absolute Gasteiger partial charge is 0.371 e. The summed E-state index contributed by atoms with van der Waals surface area (Å²) in [4.78, 5) is 2.51. The number of benzene rings is 1. The molecule has 3 rings (SSSR count). The first-order valence-electron chi connectivity index (χ1n) is 7.36. The summed E-state index contributed by atoms with van der Waals surface area (Å²) in [6.45, 7) is 6.01. The first-order chi connectivity index (χ1) is 8.83. The molecule has 2 aliphatic rings. The Morgan fingerprint density at radius 3 is 2.44 bits per heavy atom. The maximum absolute atomic E-state index is 3.76. The third kappa shape index (κ3) is 2.86. The lowest BCUT2D eigenvalue weighted by atomic mass is 10.0. The highest BCUT2D eigenvalue weighted by Crippen LogP contribution is 2.37. The van der Waals surface area contributed by atoms with Gasteiger partial charge in [-0.25, -0.2) is 0 Å². The van der Waals surface area contributed by atoms with Crippen molar-refractivity contribution in [3.8, 4) is 0 Å². The van der Waals surface area contributed by atoms with Gasteiger partial charge in [-0.15, -0.1) is 0 Å². The number of nitrogens with one attached hydrogen (secondary N) is 1. The number of piperidine rings is 1. The normalized spacial score (nSPS) is 28.4. The Balaban J connectivity index is 1.43. The zero-order valence-corrected chi connectivity index (χ0v) is 11.3. The average Bonchev–Trinajstić information content (AvgIpc) is 3.14. The maximum Gasteiger partial charge on any atom is 0.0366 e. The second-order valence-electron chi connectivity index (χ2n) is 5.98. The van der Waals surface area contributed by atoms with Gasteiger partial charge in [-0.3, -0.25) is 0 Å². The van der Waals surface area contributed by atoms with Crippen LogP contribution in [0.1, 0.15) is 26.2 Å². The lowest BCUT2D eigenvalue weighted by molar-refractivity contribution is 0.405. The van der Waals surface area contributed by atoms with Crippen molar-refractivity contribution in [1.82, 2.24) is 5.32 Å². The van der Waals surface area contributed by atoms with Crippen molar-refractivity contribution >= 4 is 5.69 Å². The van der Waals surface area contributed by atoms with E-state index in [9.17, 15) is 0 Å². The van der Waals surface area contributed by atoms with E-state index in [0.29, 0.717) is 0 Å². The van der Waals surface area contributed by atoms with Crippen LogP contribution < -0.4 is 10.2 Å². The van der Waals surface area contributed by atoms with Crippen LogP contribution in [0.5, 0.6) is 0 Å². The highest BCUT2D eigenvalue weighted by molar-refractivity contribution is 5.46. The summed E-state index contributed by atoms with van der Waals surface area (Å²) in [6.07, 6.45) is 4.02. The van der Waals surface area contributed by atoms with Crippen molar-refractivity contribution in [2.45, 2.75) is 32.2 Å². The Bertz CT molecular complexity index is 368. The number of rotatable bonds is 4. The van der Waals surface area contributed by atoms with E-state index in [4.69, 9.17) is 0 Å². The standard InChI is InChI=1S/C16H24N2/c1-13-11-14(13)12-17-15-7-9-18(10-8-15)16-5-3-2-4-6-16/h2-6,13-15,17H,7-12H2,1H3. The van der Waals surface area contributed by atoms with Crippen molar-refractivity contribution in [1.29, 1.82) is 0 Å². The second kappa shape index (κ2) is 5.31. The molecule has 0 amide bonds. The number of para-hydroxylation sites is 1. The zero-order valence-electron chi connectivity index (χ0n) is 11.3. The summed E-state index contributed by atoms with van der Waals surface area (Å²) in [7, 11) is 0. The van der Waals surface area contributed by atoms with Crippen molar-refractivity contribution < 1.29 is 0 Å². The quantitative estimate of drug-likeness (QED) is 0.876. The third-order valence-electron chi connectivity index (χ3n) is 4.56. The van der Waals surface area contributed by atoms with E-state index < -0.39 is 0 Å². The molecule has 1 N–H and O–H groups in total. The lowest BCUT2D eigenvalue weighted by Crippen LogP contribution is -2.43. The van der Waals surface area contributed by atoms with Gasteiger partial charge in [0.2, 0.25) is 0 Å². The zero-order chi connectivity index (χ0) is 12.4. The Morgan fingerprint density at radius 1 is 1.17 bits per heavy atom. The van der Waals surface area contributed by atoms with Gasteiger partial charge in [0.05, 0.1) is 0 Å². The summed E-state index contributed by atoms with van der Waals surface area (Å²) in [5.41, 5.74) is 1.38. The van der Waals surface area contributed by atoms with E-state index >= 15 is 0 Å². The Kier molecular flexibility index (Phi) is 3.55. The van der Waals surface area contributed by atoms with Gasteiger partial charge in [0.15, 0.2) is 0 Å². The number of nitrogens with zero attached hydrogens (tertiary/aromatic N) is 1. The van der Waals surface area contributed by atoms with Crippen LogP contribution in [-0.4, -0.2) is 25.7 Å². The molecule has 1 heterocycles. The molecule has 0 spiro atoms. The minimum atomic E-state index is 0.748. The number of hydrogen-bond acceptors (Lipinski definition) is 2. The molecule has 2 fully saturated rings. The van der Waals surface area contributed by atoms with Crippen molar-refractivity contribution in [3.05, 3.63) is 30.3 Å². The van der Waals surface area contributed by atoms with E-state index in [-0.39, 0.29) is 0 Å². The number of anilines is 1. The first kappa shape index (κ1) is 12.0. The molecular formula is C16H24N2. The van der Waals surface area contributed by atoms with Crippen LogP contribution in [0.2, 0.25) is 0 Å². The average molecular weight is 244 g/mol. The smallest absolute Gasteiger partial charge is 0.0366 e. The molecule has 1 aromatic carbocycles. The summed E-state index contributed by atoms with van der Waals surface area (Å²) >= 11 is 0. The maximum atomic E-state index is 3.76. The predicted molar refractivity (Wildman–Crippen MR) is 77.0 cm³/mol. The molecule has 0 radical (unpaired) electrons. The minimum absolute atomic E-state index is 0.748. The van der Waals surface area contributed by atoms with Crippen molar-refractivity contribution in [3.63, 3.8) is 0 Å². The van der Waals surface area contributed by atoms with Gasteiger partial charge in [0.25, 0.3) is 0 Å². The monoisotopic (exact) mass is 244 g/mol. The molecule has 0 aromatic heterocycles. The molecule has 98 valence electrons. The summed E-state index contributed by atoms with van der Waals surface area (Å²) in [5.74, 6) is 1.94. The lowest BCUT2D eigenvalue weighted by Gasteiger charge is -2.34. The fourth-order valence-corrected chi connectivity index (χ4v) is 2.98. The van der Waals surface area contributed by atoms with Gasteiger partial charge >= 0.3 is 0 Å². The highest BCUT2D eigenvalue weighted by Gasteiger charge is 2.32. The molecule has 0 bridgehead atoms. The van der Waals surface area contributed by atoms with Crippen LogP contribution in [0.3, 0.4) is 0 Å². The van der Waals surface area contributed by atoms with Gasteiger partial charge in [-0.2, -0.15) is 0 Å². The van der Waals surface area contributed by atoms with E-state index in [0.717, 1.165) is 17.9 Å².